The number of para-hydroxylation sites is 1. The highest BCUT2D eigenvalue weighted by Gasteiger charge is 2.09. The highest BCUT2D eigenvalue weighted by atomic mass is 16.5. The van der Waals surface area contributed by atoms with Gasteiger partial charge in [-0.3, -0.25) is 0 Å². The molecule has 0 amide bonds. The summed E-state index contributed by atoms with van der Waals surface area (Å²) in [6.45, 7) is 2.62. The van der Waals surface area contributed by atoms with Crippen molar-refractivity contribution in [3.63, 3.8) is 0 Å². The molecule has 106 valence electrons. The lowest BCUT2D eigenvalue weighted by atomic mass is 10.1. The Morgan fingerprint density at radius 1 is 1.05 bits per heavy atom. The predicted molar refractivity (Wildman–Crippen MR) is 85.8 cm³/mol. The van der Waals surface area contributed by atoms with Crippen molar-refractivity contribution in [3.8, 4) is 11.6 Å². The number of ether oxygens (including phenoxy) is 1. The summed E-state index contributed by atoms with van der Waals surface area (Å²) in [5.74, 6) is 1.45. The number of aryl methyl sites for hydroxylation is 1. The molecular weight excluding hydrogens is 260 g/mol. The lowest BCUT2D eigenvalue weighted by molar-refractivity contribution is 0.458. The van der Waals surface area contributed by atoms with E-state index in [0.717, 1.165) is 34.2 Å². The molecule has 0 atom stereocenters. The molecule has 2 aromatic carbocycles. The van der Waals surface area contributed by atoms with Crippen LogP contribution >= 0.6 is 0 Å². The van der Waals surface area contributed by atoms with Crippen molar-refractivity contribution in [2.45, 2.75) is 13.3 Å². The molecule has 0 saturated heterocycles. The molecule has 1 heterocycles. The van der Waals surface area contributed by atoms with E-state index < -0.39 is 0 Å². The Morgan fingerprint density at radius 3 is 2.71 bits per heavy atom. The van der Waals surface area contributed by atoms with Gasteiger partial charge in [-0.25, -0.2) is 4.98 Å². The van der Waals surface area contributed by atoms with Gasteiger partial charge in [-0.05, 0) is 49.7 Å². The van der Waals surface area contributed by atoms with Crippen molar-refractivity contribution in [3.05, 3.63) is 65.7 Å². The number of fused-ring (bicyclic) bond motifs is 1. The van der Waals surface area contributed by atoms with E-state index in [9.17, 15) is 0 Å². The Labute approximate surface area is 124 Å². The average molecular weight is 278 g/mol. The van der Waals surface area contributed by atoms with Crippen LogP contribution in [0.3, 0.4) is 0 Å². The summed E-state index contributed by atoms with van der Waals surface area (Å²) in [6, 6.07) is 18.1. The normalized spacial score (nSPS) is 10.8. The summed E-state index contributed by atoms with van der Waals surface area (Å²) in [7, 11) is 0. The monoisotopic (exact) mass is 278 g/mol. The lowest BCUT2D eigenvalue weighted by Gasteiger charge is -2.11. The first-order valence-corrected chi connectivity index (χ1v) is 7.09. The topological polar surface area (TPSA) is 48.1 Å². The fourth-order valence-corrected chi connectivity index (χ4v) is 2.36. The zero-order valence-corrected chi connectivity index (χ0v) is 12.0. The van der Waals surface area contributed by atoms with Gasteiger partial charge in [-0.2, -0.15) is 0 Å². The molecule has 0 spiro atoms. The van der Waals surface area contributed by atoms with E-state index in [0.29, 0.717) is 12.4 Å². The van der Waals surface area contributed by atoms with Gasteiger partial charge in [-0.15, -0.1) is 0 Å². The fourth-order valence-electron chi connectivity index (χ4n) is 2.36. The van der Waals surface area contributed by atoms with E-state index in [4.69, 9.17) is 10.5 Å². The van der Waals surface area contributed by atoms with Gasteiger partial charge in [-0.1, -0.05) is 30.3 Å². The quantitative estimate of drug-likeness (QED) is 0.789. The van der Waals surface area contributed by atoms with Crippen LogP contribution in [0, 0.1) is 6.92 Å². The molecule has 0 saturated carbocycles. The molecular formula is C18H18N2O. The van der Waals surface area contributed by atoms with Gasteiger partial charge < -0.3 is 10.5 Å². The standard InChI is InChI=1S/C18H18N2O/c1-13-5-4-7-16(11-13)21-18-15(9-10-19)12-14-6-2-3-8-17(14)20-18/h2-8,11-12H,9-10,19H2,1H3. The van der Waals surface area contributed by atoms with Crippen LogP contribution in [0.5, 0.6) is 11.6 Å². The fraction of sp³-hybridized carbons (Fsp3) is 0.167. The molecule has 0 radical (unpaired) electrons. The predicted octanol–water partition coefficient (Wildman–Crippen LogP) is 3.84. The van der Waals surface area contributed by atoms with Crippen molar-refractivity contribution in [2.75, 3.05) is 6.54 Å². The van der Waals surface area contributed by atoms with Gasteiger partial charge in [0.05, 0.1) is 5.52 Å². The van der Waals surface area contributed by atoms with Gasteiger partial charge in [0.2, 0.25) is 5.88 Å². The number of rotatable bonds is 4. The molecule has 0 aliphatic rings. The third-order valence-electron chi connectivity index (χ3n) is 3.38. The van der Waals surface area contributed by atoms with Crippen LogP contribution in [0.2, 0.25) is 0 Å². The molecule has 3 rings (SSSR count). The summed E-state index contributed by atoms with van der Waals surface area (Å²) < 4.78 is 5.98. The number of benzene rings is 2. The minimum Gasteiger partial charge on any atom is -0.439 e. The van der Waals surface area contributed by atoms with Gasteiger partial charge in [0.25, 0.3) is 0 Å². The first kappa shape index (κ1) is 13.6. The molecule has 3 aromatic rings. The Bertz CT molecular complexity index is 768. The maximum atomic E-state index is 5.98. The molecule has 0 fully saturated rings. The minimum absolute atomic E-state index is 0.574. The summed E-state index contributed by atoms with van der Waals surface area (Å²) in [4.78, 5) is 4.64. The molecule has 0 aliphatic heterocycles. The summed E-state index contributed by atoms with van der Waals surface area (Å²) >= 11 is 0. The van der Waals surface area contributed by atoms with Gasteiger partial charge in [0.15, 0.2) is 0 Å². The number of nitrogens with two attached hydrogens (primary N) is 1. The van der Waals surface area contributed by atoms with Gasteiger partial charge in [0, 0.05) is 10.9 Å². The van der Waals surface area contributed by atoms with Crippen molar-refractivity contribution in [1.29, 1.82) is 0 Å². The molecule has 0 unspecified atom stereocenters. The number of aromatic nitrogens is 1. The SMILES string of the molecule is Cc1cccc(Oc2nc3ccccc3cc2CCN)c1. The van der Waals surface area contributed by atoms with E-state index in [2.05, 4.69) is 17.1 Å². The molecule has 3 heteroatoms. The van der Waals surface area contributed by atoms with Crippen LogP contribution in [-0.2, 0) is 6.42 Å². The van der Waals surface area contributed by atoms with Crippen LogP contribution in [-0.4, -0.2) is 11.5 Å². The molecule has 3 nitrogen and oxygen atoms in total. The molecule has 0 bridgehead atoms. The van der Waals surface area contributed by atoms with Gasteiger partial charge in [0.1, 0.15) is 5.75 Å². The summed E-state index contributed by atoms with van der Waals surface area (Å²) in [6.07, 6.45) is 0.749. The molecule has 1 aromatic heterocycles. The van der Waals surface area contributed by atoms with Crippen LogP contribution in [0.15, 0.2) is 54.6 Å². The minimum atomic E-state index is 0.574. The van der Waals surface area contributed by atoms with Crippen molar-refractivity contribution < 1.29 is 4.74 Å². The van der Waals surface area contributed by atoms with Gasteiger partial charge >= 0.3 is 0 Å². The summed E-state index contributed by atoms with van der Waals surface area (Å²) in [5.41, 5.74) is 8.84. The molecule has 21 heavy (non-hydrogen) atoms. The second-order valence-corrected chi connectivity index (χ2v) is 5.10. The third kappa shape index (κ3) is 3.03. The molecule has 0 aliphatic carbocycles. The Hall–Kier alpha value is -2.39. The number of nitrogens with zero attached hydrogens (tertiary/aromatic N) is 1. The summed E-state index contributed by atoms with van der Waals surface area (Å²) in [5, 5.41) is 1.11. The first-order valence-electron chi connectivity index (χ1n) is 7.09. The van der Waals surface area contributed by atoms with E-state index in [1.165, 1.54) is 0 Å². The van der Waals surface area contributed by atoms with E-state index in [1.54, 1.807) is 0 Å². The highest BCUT2D eigenvalue weighted by Crippen LogP contribution is 2.27. The number of pyridine rings is 1. The maximum absolute atomic E-state index is 5.98. The second kappa shape index (κ2) is 5.94. The Balaban J connectivity index is 2.04. The third-order valence-corrected chi connectivity index (χ3v) is 3.38. The average Bonchev–Trinajstić information content (AvgIpc) is 2.48. The lowest BCUT2D eigenvalue weighted by Crippen LogP contribution is -2.05. The van der Waals surface area contributed by atoms with Crippen LogP contribution in [0.1, 0.15) is 11.1 Å². The van der Waals surface area contributed by atoms with Crippen molar-refractivity contribution in [2.24, 2.45) is 5.73 Å². The van der Waals surface area contributed by atoms with Crippen LogP contribution in [0.25, 0.3) is 10.9 Å². The zero-order valence-electron chi connectivity index (χ0n) is 12.0. The van der Waals surface area contributed by atoms with E-state index in [-0.39, 0.29) is 0 Å². The van der Waals surface area contributed by atoms with E-state index >= 15 is 0 Å². The van der Waals surface area contributed by atoms with E-state index in [1.807, 2.05) is 49.4 Å². The van der Waals surface area contributed by atoms with Crippen molar-refractivity contribution >= 4 is 10.9 Å². The largest absolute Gasteiger partial charge is 0.439 e. The Morgan fingerprint density at radius 2 is 1.90 bits per heavy atom. The second-order valence-electron chi connectivity index (χ2n) is 5.10. The van der Waals surface area contributed by atoms with Crippen molar-refractivity contribution in [1.82, 2.24) is 4.98 Å². The number of hydrogen-bond donors (Lipinski definition) is 1. The molecule has 2 N–H and O–H groups in total. The Kier molecular flexibility index (Phi) is 3.84. The van der Waals surface area contributed by atoms with Crippen LogP contribution < -0.4 is 10.5 Å². The van der Waals surface area contributed by atoms with Crippen LogP contribution in [0.4, 0.5) is 0 Å². The first-order chi connectivity index (χ1) is 10.3. The zero-order chi connectivity index (χ0) is 14.7. The smallest absolute Gasteiger partial charge is 0.223 e. The maximum Gasteiger partial charge on any atom is 0.223 e. The highest BCUT2D eigenvalue weighted by molar-refractivity contribution is 5.80. The number of hydrogen-bond acceptors (Lipinski definition) is 3.